The van der Waals surface area contributed by atoms with Gasteiger partial charge in [0.05, 0.1) is 0 Å². The summed E-state index contributed by atoms with van der Waals surface area (Å²) in [5.41, 5.74) is 1.50. The Morgan fingerprint density at radius 2 is 1.80 bits per heavy atom. The van der Waals surface area contributed by atoms with Gasteiger partial charge < -0.3 is 4.74 Å². The van der Waals surface area contributed by atoms with E-state index in [1.54, 1.807) is 0 Å². The van der Waals surface area contributed by atoms with Crippen molar-refractivity contribution < 1.29 is 4.74 Å². The zero-order valence-electron chi connectivity index (χ0n) is 13.0. The highest BCUT2D eigenvalue weighted by atomic mass is 16.5. The molecule has 0 saturated heterocycles. The number of hydrogen-bond acceptors (Lipinski definition) is 1. The van der Waals surface area contributed by atoms with Gasteiger partial charge in [0, 0.05) is 0 Å². The lowest BCUT2D eigenvalue weighted by atomic mass is 9.77. The molecule has 0 aromatic heterocycles. The van der Waals surface area contributed by atoms with Crippen molar-refractivity contribution in [1.82, 2.24) is 0 Å². The highest BCUT2D eigenvalue weighted by Gasteiger charge is 2.21. The van der Waals surface area contributed by atoms with Gasteiger partial charge in [0.1, 0.15) is 12.4 Å². The molecule has 0 heterocycles. The number of benzene rings is 1. The smallest absolute Gasteiger partial charge is 0.119 e. The lowest BCUT2D eigenvalue weighted by Crippen LogP contribution is -2.13. The summed E-state index contributed by atoms with van der Waals surface area (Å²) < 4.78 is 5.65. The van der Waals surface area contributed by atoms with Crippen molar-refractivity contribution in [3.05, 3.63) is 42.0 Å². The van der Waals surface area contributed by atoms with Gasteiger partial charge in [0.15, 0.2) is 0 Å². The lowest BCUT2D eigenvalue weighted by Gasteiger charge is -2.28. The molecule has 20 heavy (non-hydrogen) atoms. The summed E-state index contributed by atoms with van der Waals surface area (Å²) in [5.74, 6) is 2.74. The predicted molar refractivity (Wildman–Crippen MR) is 86.4 cm³/mol. The fourth-order valence-corrected chi connectivity index (χ4v) is 3.27. The van der Waals surface area contributed by atoms with Crippen LogP contribution in [-0.2, 0) is 0 Å². The zero-order valence-corrected chi connectivity index (χ0v) is 13.0. The Hall–Kier alpha value is -1.24. The van der Waals surface area contributed by atoms with Gasteiger partial charge in [-0.25, -0.2) is 0 Å². The van der Waals surface area contributed by atoms with E-state index in [1.807, 2.05) is 19.1 Å². The van der Waals surface area contributed by atoms with Crippen molar-refractivity contribution in [3.8, 4) is 5.75 Å². The third kappa shape index (κ3) is 4.40. The van der Waals surface area contributed by atoms with Crippen molar-refractivity contribution in [2.24, 2.45) is 5.92 Å². The second kappa shape index (κ2) is 8.14. The van der Waals surface area contributed by atoms with Gasteiger partial charge in [-0.15, -0.1) is 0 Å². The SMILES string of the molecule is C/C=C/COc1ccc([C@H]2CC[C@H](CCC)CC2)cc1. The van der Waals surface area contributed by atoms with Gasteiger partial charge in [-0.2, -0.15) is 0 Å². The largest absolute Gasteiger partial charge is 0.490 e. The highest BCUT2D eigenvalue weighted by Crippen LogP contribution is 2.37. The minimum Gasteiger partial charge on any atom is -0.490 e. The minimum atomic E-state index is 0.665. The van der Waals surface area contributed by atoms with Crippen molar-refractivity contribution in [2.45, 2.75) is 58.3 Å². The standard InChI is InChI=1S/C19H28O/c1-3-5-15-20-19-13-11-18(12-14-19)17-9-7-16(6-4-2)8-10-17/h3,5,11-14,16-17H,4,6-10,15H2,1-2H3/b5-3+/t16-,17-. The van der Waals surface area contributed by atoms with Crippen LogP contribution in [0.15, 0.2) is 36.4 Å². The molecule has 1 fully saturated rings. The summed E-state index contributed by atoms with van der Waals surface area (Å²) in [6.45, 7) is 4.98. The maximum atomic E-state index is 5.65. The van der Waals surface area contributed by atoms with E-state index in [4.69, 9.17) is 4.74 Å². The van der Waals surface area contributed by atoms with Crippen molar-refractivity contribution in [1.29, 1.82) is 0 Å². The van der Waals surface area contributed by atoms with Crippen LogP contribution in [0, 0.1) is 5.92 Å². The summed E-state index contributed by atoms with van der Waals surface area (Å²) in [4.78, 5) is 0. The molecule has 110 valence electrons. The molecular formula is C19H28O. The molecule has 1 aliphatic rings. The van der Waals surface area contributed by atoms with E-state index in [0.29, 0.717) is 6.61 Å². The molecule has 1 aliphatic carbocycles. The van der Waals surface area contributed by atoms with Crippen LogP contribution in [0.1, 0.15) is 63.9 Å². The van der Waals surface area contributed by atoms with Crippen LogP contribution in [0.25, 0.3) is 0 Å². The van der Waals surface area contributed by atoms with Crippen LogP contribution in [0.3, 0.4) is 0 Å². The fraction of sp³-hybridized carbons (Fsp3) is 0.579. The molecule has 1 saturated carbocycles. The Bertz CT molecular complexity index is 396. The molecular weight excluding hydrogens is 244 g/mol. The summed E-state index contributed by atoms with van der Waals surface area (Å²) >= 11 is 0. The van der Waals surface area contributed by atoms with Crippen LogP contribution in [0.5, 0.6) is 5.75 Å². The number of hydrogen-bond donors (Lipinski definition) is 0. The molecule has 0 spiro atoms. The molecule has 0 aliphatic heterocycles. The predicted octanol–water partition coefficient (Wildman–Crippen LogP) is 5.72. The molecule has 0 amide bonds. The van der Waals surface area contributed by atoms with E-state index < -0.39 is 0 Å². The van der Waals surface area contributed by atoms with Crippen LogP contribution >= 0.6 is 0 Å². The average molecular weight is 272 g/mol. The van der Waals surface area contributed by atoms with Crippen molar-refractivity contribution in [3.63, 3.8) is 0 Å². The average Bonchev–Trinajstić information content (AvgIpc) is 2.49. The Morgan fingerprint density at radius 3 is 2.40 bits per heavy atom. The second-order valence-electron chi connectivity index (χ2n) is 5.96. The molecule has 0 atom stereocenters. The van der Waals surface area contributed by atoms with Gasteiger partial charge in [0.2, 0.25) is 0 Å². The Morgan fingerprint density at radius 1 is 1.10 bits per heavy atom. The first-order valence-electron chi connectivity index (χ1n) is 8.17. The summed E-state index contributed by atoms with van der Waals surface area (Å²) in [7, 11) is 0. The molecule has 0 N–H and O–H groups in total. The first-order valence-corrected chi connectivity index (χ1v) is 8.17. The Labute approximate surface area is 124 Å². The summed E-state index contributed by atoms with van der Waals surface area (Å²) in [6, 6.07) is 8.76. The van der Waals surface area contributed by atoms with Gasteiger partial charge in [-0.05, 0) is 62.1 Å². The Kier molecular flexibility index (Phi) is 6.17. The quantitative estimate of drug-likeness (QED) is 0.602. The zero-order chi connectivity index (χ0) is 14.2. The van der Waals surface area contributed by atoms with Gasteiger partial charge in [-0.1, -0.05) is 44.1 Å². The van der Waals surface area contributed by atoms with Gasteiger partial charge >= 0.3 is 0 Å². The van der Waals surface area contributed by atoms with Crippen molar-refractivity contribution in [2.75, 3.05) is 6.61 Å². The van der Waals surface area contributed by atoms with Crippen LogP contribution in [-0.4, -0.2) is 6.61 Å². The van der Waals surface area contributed by atoms with E-state index in [2.05, 4.69) is 31.2 Å². The van der Waals surface area contributed by atoms with E-state index in [1.165, 1.54) is 44.1 Å². The Balaban J connectivity index is 1.84. The van der Waals surface area contributed by atoms with Crippen LogP contribution < -0.4 is 4.74 Å². The second-order valence-corrected chi connectivity index (χ2v) is 5.96. The molecule has 1 nitrogen and oxygen atoms in total. The number of allylic oxidation sites excluding steroid dienone is 1. The highest BCUT2D eigenvalue weighted by molar-refractivity contribution is 5.29. The first-order chi connectivity index (χ1) is 9.83. The minimum absolute atomic E-state index is 0.665. The first kappa shape index (κ1) is 15.2. The normalized spacial score (nSPS) is 23.1. The van der Waals surface area contributed by atoms with Gasteiger partial charge in [0.25, 0.3) is 0 Å². The molecule has 1 heteroatoms. The summed E-state index contributed by atoms with van der Waals surface area (Å²) in [5, 5.41) is 0. The molecule has 0 bridgehead atoms. The maximum Gasteiger partial charge on any atom is 0.119 e. The number of rotatable bonds is 6. The fourth-order valence-electron chi connectivity index (χ4n) is 3.27. The van der Waals surface area contributed by atoms with E-state index in [0.717, 1.165) is 17.6 Å². The van der Waals surface area contributed by atoms with Crippen LogP contribution in [0.4, 0.5) is 0 Å². The van der Waals surface area contributed by atoms with E-state index >= 15 is 0 Å². The topological polar surface area (TPSA) is 9.23 Å². The molecule has 1 aromatic rings. The monoisotopic (exact) mass is 272 g/mol. The molecule has 1 aromatic carbocycles. The molecule has 0 unspecified atom stereocenters. The van der Waals surface area contributed by atoms with Crippen LogP contribution in [0.2, 0.25) is 0 Å². The summed E-state index contributed by atoms with van der Waals surface area (Å²) in [6.07, 6.45) is 12.4. The van der Waals surface area contributed by atoms with E-state index in [9.17, 15) is 0 Å². The molecule has 2 rings (SSSR count). The van der Waals surface area contributed by atoms with Gasteiger partial charge in [-0.3, -0.25) is 0 Å². The molecule has 0 radical (unpaired) electrons. The lowest BCUT2D eigenvalue weighted by molar-refractivity contribution is 0.308. The maximum absolute atomic E-state index is 5.65. The van der Waals surface area contributed by atoms with E-state index in [-0.39, 0.29) is 0 Å². The number of ether oxygens (including phenoxy) is 1. The third-order valence-corrected chi connectivity index (χ3v) is 4.48. The van der Waals surface area contributed by atoms with Crippen molar-refractivity contribution >= 4 is 0 Å². The third-order valence-electron chi connectivity index (χ3n) is 4.48.